The lowest BCUT2D eigenvalue weighted by molar-refractivity contribution is -0.139. The Morgan fingerprint density at radius 2 is 1.93 bits per heavy atom. The fourth-order valence-electron chi connectivity index (χ4n) is 1.51. The van der Waals surface area contributed by atoms with E-state index in [4.69, 9.17) is 4.84 Å². The minimum atomic E-state index is -0.300. The molecule has 0 aromatic rings. The number of carbonyl (C=O) groups is 1. The van der Waals surface area contributed by atoms with E-state index < -0.39 is 0 Å². The number of Topliss-reactive ketones (excluding diaryl/α,β-unsaturated/α-hetero) is 1. The Labute approximate surface area is 93.5 Å². The molecule has 0 fully saturated rings. The van der Waals surface area contributed by atoms with Crippen LogP contribution in [0.25, 0.3) is 0 Å². The Kier molecular flexibility index (Phi) is 6.77. The zero-order valence-electron chi connectivity index (χ0n) is 10.7. The third-order valence-corrected chi connectivity index (χ3v) is 2.36. The maximum atomic E-state index is 11.2. The van der Waals surface area contributed by atoms with Crippen molar-refractivity contribution in [3.63, 3.8) is 0 Å². The number of nitrogens with one attached hydrogen (secondary N) is 1. The van der Waals surface area contributed by atoms with E-state index in [2.05, 4.69) is 33.2 Å². The first kappa shape index (κ1) is 14.6. The van der Waals surface area contributed by atoms with Crippen LogP contribution in [0.15, 0.2) is 0 Å². The van der Waals surface area contributed by atoms with E-state index in [9.17, 15) is 4.79 Å². The fraction of sp³-hybridized carbons (Fsp3) is 0.917. The van der Waals surface area contributed by atoms with Crippen LogP contribution in [-0.2, 0) is 9.63 Å². The lowest BCUT2D eigenvalue weighted by atomic mass is 10.0. The summed E-state index contributed by atoms with van der Waals surface area (Å²) in [6.07, 6.45) is 3.57. The quantitative estimate of drug-likeness (QED) is 0.633. The van der Waals surface area contributed by atoms with Crippen molar-refractivity contribution in [1.82, 2.24) is 5.48 Å². The van der Waals surface area contributed by atoms with Crippen LogP contribution < -0.4 is 5.48 Å². The molecule has 0 aromatic heterocycles. The number of carbonyl (C=O) groups excluding carboxylic acids is 1. The zero-order valence-corrected chi connectivity index (χ0v) is 10.7. The molecule has 0 heterocycles. The second-order valence-corrected chi connectivity index (χ2v) is 4.74. The highest BCUT2D eigenvalue weighted by Crippen LogP contribution is 2.12. The van der Waals surface area contributed by atoms with Gasteiger partial charge in [0.05, 0.1) is 0 Å². The molecule has 0 aliphatic heterocycles. The van der Waals surface area contributed by atoms with Gasteiger partial charge < -0.3 is 0 Å². The van der Waals surface area contributed by atoms with Crippen molar-refractivity contribution in [2.24, 2.45) is 0 Å². The molecule has 1 atom stereocenters. The monoisotopic (exact) mass is 215 g/mol. The standard InChI is InChI=1S/C12H25NO2/c1-6-8-11(10(3)14)15-13-12(4,5)9-7-2/h11,13H,6-9H2,1-5H3. The Morgan fingerprint density at radius 3 is 2.33 bits per heavy atom. The third-order valence-electron chi connectivity index (χ3n) is 2.36. The summed E-state index contributed by atoms with van der Waals surface area (Å²) < 4.78 is 0. The first-order valence-electron chi connectivity index (χ1n) is 5.86. The predicted octanol–water partition coefficient (Wildman–Crippen LogP) is 2.84. The van der Waals surface area contributed by atoms with Gasteiger partial charge >= 0.3 is 0 Å². The summed E-state index contributed by atoms with van der Waals surface area (Å²) in [5, 5.41) is 0. The summed E-state index contributed by atoms with van der Waals surface area (Å²) in [5.41, 5.74) is 2.95. The molecule has 0 amide bonds. The highest BCUT2D eigenvalue weighted by molar-refractivity contribution is 5.80. The minimum Gasteiger partial charge on any atom is -0.297 e. The van der Waals surface area contributed by atoms with Crippen LogP contribution in [0.2, 0.25) is 0 Å². The van der Waals surface area contributed by atoms with E-state index in [0.717, 1.165) is 25.7 Å². The van der Waals surface area contributed by atoms with Gasteiger partial charge in [0.15, 0.2) is 5.78 Å². The number of hydrogen-bond acceptors (Lipinski definition) is 3. The van der Waals surface area contributed by atoms with Crippen LogP contribution in [0.3, 0.4) is 0 Å². The molecule has 0 saturated heterocycles. The lowest BCUT2D eigenvalue weighted by Gasteiger charge is -2.27. The molecule has 15 heavy (non-hydrogen) atoms. The van der Waals surface area contributed by atoms with E-state index in [1.54, 1.807) is 6.92 Å². The van der Waals surface area contributed by atoms with E-state index >= 15 is 0 Å². The molecule has 0 spiro atoms. The normalized spacial score (nSPS) is 13.9. The molecular formula is C12H25NO2. The van der Waals surface area contributed by atoms with Gasteiger partial charge in [0.25, 0.3) is 0 Å². The molecule has 0 bridgehead atoms. The van der Waals surface area contributed by atoms with Gasteiger partial charge in [0.2, 0.25) is 0 Å². The summed E-state index contributed by atoms with van der Waals surface area (Å²) >= 11 is 0. The summed E-state index contributed by atoms with van der Waals surface area (Å²) in [6.45, 7) is 9.93. The average Bonchev–Trinajstić information content (AvgIpc) is 2.11. The summed E-state index contributed by atoms with van der Waals surface area (Å²) in [4.78, 5) is 16.7. The predicted molar refractivity (Wildman–Crippen MR) is 62.6 cm³/mol. The molecule has 0 aromatic carbocycles. The number of ketones is 1. The Bertz CT molecular complexity index is 190. The van der Waals surface area contributed by atoms with Gasteiger partial charge in [-0.2, -0.15) is 5.48 Å². The van der Waals surface area contributed by atoms with Crippen LogP contribution in [0.5, 0.6) is 0 Å². The van der Waals surface area contributed by atoms with E-state index in [0.29, 0.717) is 0 Å². The van der Waals surface area contributed by atoms with Crippen molar-refractivity contribution in [2.45, 2.75) is 71.9 Å². The summed E-state index contributed by atoms with van der Waals surface area (Å²) in [6, 6.07) is 0. The van der Waals surface area contributed by atoms with Gasteiger partial charge in [0.1, 0.15) is 6.10 Å². The lowest BCUT2D eigenvalue weighted by Crippen LogP contribution is -2.43. The van der Waals surface area contributed by atoms with E-state index in [1.165, 1.54) is 0 Å². The summed E-state index contributed by atoms with van der Waals surface area (Å²) in [7, 11) is 0. The molecule has 3 nitrogen and oxygen atoms in total. The minimum absolute atomic E-state index is 0.0593. The van der Waals surface area contributed by atoms with Crippen molar-refractivity contribution in [3.8, 4) is 0 Å². The second-order valence-electron chi connectivity index (χ2n) is 4.74. The Morgan fingerprint density at radius 1 is 1.33 bits per heavy atom. The maximum absolute atomic E-state index is 11.2. The molecule has 1 unspecified atom stereocenters. The van der Waals surface area contributed by atoms with Gasteiger partial charge in [-0.1, -0.05) is 26.7 Å². The second kappa shape index (κ2) is 6.96. The van der Waals surface area contributed by atoms with Crippen LogP contribution in [-0.4, -0.2) is 17.4 Å². The molecule has 0 aliphatic carbocycles. The van der Waals surface area contributed by atoms with Crippen molar-refractivity contribution in [2.75, 3.05) is 0 Å². The summed E-state index contributed by atoms with van der Waals surface area (Å²) in [5.74, 6) is 0.0941. The SMILES string of the molecule is CCCC(ONC(C)(C)CCC)C(C)=O. The van der Waals surface area contributed by atoms with Crippen molar-refractivity contribution < 1.29 is 9.63 Å². The van der Waals surface area contributed by atoms with E-state index in [1.807, 2.05) is 0 Å². The van der Waals surface area contributed by atoms with E-state index in [-0.39, 0.29) is 17.4 Å². The molecule has 90 valence electrons. The Hall–Kier alpha value is -0.410. The Balaban J connectivity index is 4.03. The van der Waals surface area contributed by atoms with Gasteiger partial charge in [-0.15, -0.1) is 0 Å². The van der Waals surface area contributed by atoms with Gasteiger partial charge in [-0.25, -0.2) is 0 Å². The van der Waals surface area contributed by atoms with Crippen molar-refractivity contribution in [1.29, 1.82) is 0 Å². The molecule has 1 N–H and O–H groups in total. The molecule has 3 heteroatoms. The van der Waals surface area contributed by atoms with Crippen LogP contribution >= 0.6 is 0 Å². The van der Waals surface area contributed by atoms with Crippen LogP contribution in [0.1, 0.15) is 60.3 Å². The highest BCUT2D eigenvalue weighted by Gasteiger charge is 2.20. The fourth-order valence-corrected chi connectivity index (χ4v) is 1.51. The number of hydrogen-bond donors (Lipinski definition) is 1. The number of rotatable bonds is 8. The molecule has 0 aliphatic rings. The number of hydroxylamine groups is 1. The first-order valence-corrected chi connectivity index (χ1v) is 5.86. The van der Waals surface area contributed by atoms with Crippen molar-refractivity contribution >= 4 is 5.78 Å². The first-order chi connectivity index (χ1) is 6.93. The maximum Gasteiger partial charge on any atom is 0.160 e. The van der Waals surface area contributed by atoms with Gasteiger partial charge in [0, 0.05) is 5.54 Å². The molecular weight excluding hydrogens is 190 g/mol. The molecule has 0 saturated carbocycles. The molecule has 0 radical (unpaired) electrons. The smallest absolute Gasteiger partial charge is 0.160 e. The third kappa shape index (κ3) is 6.63. The van der Waals surface area contributed by atoms with Gasteiger partial charge in [-0.3, -0.25) is 9.63 Å². The largest absolute Gasteiger partial charge is 0.297 e. The van der Waals surface area contributed by atoms with Crippen LogP contribution in [0.4, 0.5) is 0 Å². The van der Waals surface area contributed by atoms with Crippen molar-refractivity contribution in [3.05, 3.63) is 0 Å². The molecule has 0 rings (SSSR count). The average molecular weight is 215 g/mol. The van der Waals surface area contributed by atoms with Crippen LogP contribution in [0, 0.1) is 0 Å². The topological polar surface area (TPSA) is 38.3 Å². The zero-order chi connectivity index (χ0) is 11.9. The highest BCUT2D eigenvalue weighted by atomic mass is 16.7. The van der Waals surface area contributed by atoms with Gasteiger partial charge in [-0.05, 0) is 33.6 Å².